The maximum atomic E-state index is 12.9. The minimum Gasteiger partial charge on any atom is -0.371 e. The van der Waals surface area contributed by atoms with Crippen molar-refractivity contribution in [3.8, 4) is 0 Å². The summed E-state index contributed by atoms with van der Waals surface area (Å²) in [5.74, 6) is 0.0260. The molecule has 2 aromatic rings. The lowest BCUT2D eigenvalue weighted by Crippen LogP contribution is -2.47. The second kappa shape index (κ2) is 6.68. The fourth-order valence-electron chi connectivity index (χ4n) is 3.93. The third-order valence-corrected chi connectivity index (χ3v) is 4.95. The molecule has 2 fully saturated rings. The maximum Gasteiger partial charge on any atom is 0.223 e. The summed E-state index contributed by atoms with van der Waals surface area (Å²) in [6.07, 6.45) is 9.45. The van der Waals surface area contributed by atoms with Crippen LogP contribution in [0.4, 0.5) is 10.3 Å². The van der Waals surface area contributed by atoms with E-state index < -0.39 is 5.82 Å². The first-order chi connectivity index (χ1) is 12.1. The first-order valence-corrected chi connectivity index (χ1v) is 8.68. The van der Waals surface area contributed by atoms with E-state index in [4.69, 9.17) is 4.74 Å². The van der Waals surface area contributed by atoms with Gasteiger partial charge in [-0.05, 0) is 19.4 Å². The Labute approximate surface area is 146 Å². The van der Waals surface area contributed by atoms with Gasteiger partial charge in [0, 0.05) is 38.3 Å². The van der Waals surface area contributed by atoms with Crippen molar-refractivity contribution in [1.82, 2.24) is 24.6 Å². The number of hydrogen-bond acceptors (Lipinski definition) is 6. The van der Waals surface area contributed by atoms with Crippen molar-refractivity contribution in [2.75, 3.05) is 25.0 Å². The highest BCUT2D eigenvalue weighted by Crippen LogP contribution is 2.35. The molecular weight excluding hydrogens is 323 g/mol. The van der Waals surface area contributed by atoms with E-state index in [9.17, 15) is 4.39 Å². The number of nitrogens with one attached hydrogen (secondary N) is 1. The molecule has 0 aliphatic carbocycles. The van der Waals surface area contributed by atoms with Crippen molar-refractivity contribution < 1.29 is 9.13 Å². The number of anilines is 1. The summed E-state index contributed by atoms with van der Waals surface area (Å²) >= 11 is 0. The second-order valence-corrected chi connectivity index (χ2v) is 7.10. The average Bonchev–Trinajstić information content (AvgIpc) is 3.16. The van der Waals surface area contributed by atoms with Gasteiger partial charge in [-0.3, -0.25) is 9.58 Å². The Morgan fingerprint density at radius 1 is 1.36 bits per heavy atom. The van der Waals surface area contributed by atoms with Crippen molar-refractivity contribution in [2.45, 2.75) is 37.5 Å². The van der Waals surface area contributed by atoms with Gasteiger partial charge in [0.1, 0.15) is 0 Å². The Balaban J connectivity index is 1.36. The lowest BCUT2D eigenvalue weighted by Gasteiger charge is -2.39. The molecule has 4 heterocycles. The normalized spacial score (nSPS) is 27.0. The summed E-state index contributed by atoms with van der Waals surface area (Å²) in [4.78, 5) is 10.4. The minimum absolute atomic E-state index is 0.113. The first kappa shape index (κ1) is 16.4. The summed E-state index contributed by atoms with van der Waals surface area (Å²) in [5.41, 5.74) is 1.12. The average molecular weight is 346 g/mol. The molecule has 2 aliphatic heterocycles. The minimum atomic E-state index is -0.428. The zero-order chi connectivity index (χ0) is 17.3. The third kappa shape index (κ3) is 3.80. The van der Waals surface area contributed by atoms with Crippen LogP contribution in [0.1, 0.15) is 24.8 Å². The molecule has 7 nitrogen and oxygen atoms in total. The van der Waals surface area contributed by atoms with E-state index in [-0.39, 0.29) is 11.6 Å². The Hall–Kier alpha value is -2.06. The number of aryl methyl sites for hydroxylation is 1. The summed E-state index contributed by atoms with van der Waals surface area (Å²) in [6, 6.07) is 0.156. The third-order valence-electron chi connectivity index (χ3n) is 4.95. The number of likely N-dealkylation sites (tertiary alicyclic amines) is 1. The second-order valence-electron chi connectivity index (χ2n) is 7.10. The van der Waals surface area contributed by atoms with E-state index >= 15 is 0 Å². The van der Waals surface area contributed by atoms with Crippen LogP contribution in [0.3, 0.4) is 0 Å². The summed E-state index contributed by atoms with van der Waals surface area (Å²) in [7, 11) is 1.94. The molecule has 2 saturated heterocycles. The van der Waals surface area contributed by atoms with E-state index in [1.54, 1.807) is 0 Å². The fourth-order valence-corrected chi connectivity index (χ4v) is 3.93. The first-order valence-electron chi connectivity index (χ1n) is 8.68. The van der Waals surface area contributed by atoms with Crippen molar-refractivity contribution in [1.29, 1.82) is 0 Å². The molecule has 1 N–H and O–H groups in total. The number of piperidine rings is 1. The molecule has 0 radical (unpaired) electrons. The van der Waals surface area contributed by atoms with Gasteiger partial charge in [0.15, 0.2) is 5.82 Å². The summed E-state index contributed by atoms with van der Waals surface area (Å²) in [6.45, 7) is 3.53. The van der Waals surface area contributed by atoms with Crippen molar-refractivity contribution in [3.05, 3.63) is 36.2 Å². The number of nitrogens with zero attached hydrogens (tertiary/aromatic N) is 5. The Morgan fingerprint density at radius 3 is 2.96 bits per heavy atom. The quantitative estimate of drug-likeness (QED) is 0.907. The summed E-state index contributed by atoms with van der Waals surface area (Å²) < 4.78 is 21.0. The monoisotopic (exact) mass is 346 g/mol. The molecule has 0 aromatic carbocycles. The number of aromatic nitrogens is 4. The van der Waals surface area contributed by atoms with Gasteiger partial charge < -0.3 is 10.1 Å². The Kier molecular flexibility index (Phi) is 4.39. The van der Waals surface area contributed by atoms with Gasteiger partial charge in [-0.15, -0.1) is 0 Å². The molecular formula is C17H23FN6O. The molecule has 2 aliphatic rings. The van der Waals surface area contributed by atoms with Crippen LogP contribution in [0.15, 0.2) is 24.8 Å². The molecule has 4 rings (SSSR count). The van der Waals surface area contributed by atoms with Crippen LogP contribution in [0.2, 0.25) is 0 Å². The molecule has 0 unspecified atom stereocenters. The largest absolute Gasteiger partial charge is 0.371 e. The van der Waals surface area contributed by atoms with Gasteiger partial charge in [0.05, 0.1) is 36.8 Å². The van der Waals surface area contributed by atoms with Crippen molar-refractivity contribution in [2.24, 2.45) is 7.05 Å². The smallest absolute Gasteiger partial charge is 0.223 e. The number of hydrogen-bond donors (Lipinski definition) is 1. The Morgan fingerprint density at radius 2 is 2.20 bits per heavy atom. The summed E-state index contributed by atoms with van der Waals surface area (Å²) in [5, 5.41) is 7.51. The van der Waals surface area contributed by atoms with Crippen molar-refractivity contribution >= 4 is 5.95 Å². The van der Waals surface area contributed by atoms with Gasteiger partial charge in [0.25, 0.3) is 0 Å². The molecule has 0 bridgehead atoms. The SMILES string of the molecule is Cn1cc(CN2CCC[C@]3(C[C@H](Nc4ncc(F)cn4)CO3)C2)cn1. The van der Waals surface area contributed by atoms with Crippen LogP contribution in [-0.4, -0.2) is 56.0 Å². The van der Waals surface area contributed by atoms with Crippen LogP contribution in [-0.2, 0) is 18.3 Å². The predicted octanol–water partition coefficient (Wildman–Crippen LogP) is 1.58. The predicted molar refractivity (Wildman–Crippen MR) is 90.4 cm³/mol. The van der Waals surface area contributed by atoms with Crippen LogP contribution >= 0.6 is 0 Å². The molecule has 0 saturated carbocycles. The standard InChI is InChI=1S/C17H23FN6O/c1-23-9-13(6-21-23)10-24-4-2-3-17(12-24)5-15(11-25-17)22-16-19-7-14(18)8-20-16/h6-9,15H,2-5,10-12H2,1H3,(H,19,20,22)/t15-,17-/m0/s1. The lowest BCUT2D eigenvalue weighted by atomic mass is 9.88. The van der Waals surface area contributed by atoms with Gasteiger partial charge in [-0.25, -0.2) is 14.4 Å². The van der Waals surface area contributed by atoms with Crippen molar-refractivity contribution in [3.63, 3.8) is 0 Å². The number of halogens is 1. The van der Waals surface area contributed by atoms with Crippen LogP contribution in [0.25, 0.3) is 0 Å². The molecule has 25 heavy (non-hydrogen) atoms. The molecule has 2 aromatic heterocycles. The highest BCUT2D eigenvalue weighted by molar-refractivity contribution is 5.26. The zero-order valence-electron chi connectivity index (χ0n) is 14.4. The molecule has 8 heteroatoms. The van der Waals surface area contributed by atoms with Gasteiger partial charge in [0.2, 0.25) is 5.95 Å². The van der Waals surface area contributed by atoms with Gasteiger partial charge in [-0.2, -0.15) is 5.10 Å². The van der Waals surface area contributed by atoms with Crippen LogP contribution in [0.5, 0.6) is 0 Å². The molecule has 2 atom stereocenters. The molecule has 134 valence electrons. The number of ether oxygens (including phenoxy) is 1. The highest BCUT2D eigenvalue weighted by Gasteiger charge is 2.43. The maximum absolute atomic E-state index is 12.9. The lowest BCUT2D eigenvalue weighted by molar-refractivity contribution is -0.0533. The van der Waals surface area contributed by atoms with Crippen LogP contribution in [0, 0.1) is 5.82 Å². The molecule has 0 amide bonds. The number of rotatable bonds is 4. The highest BCUT2D eigenvalue weighted by atomic mass is 19.1. The topological polar surface area (TPSA) is 68.1 Å². The van der Waals surface area contributed by atoms with Gasteiger partial charge >= 0.3 is 0 Å². The Bertz CT molecular complexity index is 720. The fraction of sp³-hybridized carbons (Fsp3) is 0.588. The van der Waals surface area contributed by atoms with E-state index in [2.05, 4.69) is 31.5 Å². The van der Waals surface area contributed by atoms with Crippen LogP contribution < -0.4 is 5.32 Å². The zero-order valence-corrected chi connectivity index (χ0v) is 14.4. The van der Waals surface area contributed by atoms with Gasteiger partial charge in [-0.1, -0.05) is 0 Å². The van der Waals surface area contributed by atoms with E-state index in [0.717, 1.165) is 38.9 Å². The molecule has 1 spiro atoms. The van der Waals surface area contributed by atoms with E-state index in [0.29, 0.717) is 12.6 Å². The van der Waals surface area contributed by atoms with E-state index in [1.165, 1.54) is 18.0 Å². The van der Waals surface area contributed by atoms with E-state index in [1.807, 2.05) is 17.9 Å².